The van der Waals surface area contributed by atoms with E-state index in [0.29, 0.717) is 10.0 Å². The fourth-order valence-corrected chi connectivity index (χ4v) is 3.21. The van der Waals surface area contributed by atoms with Crippen molar-refractivity contribution in [2.24, 2.45) is 0 Å². The minimum atomic E-state index is 0.286. The number of H-pyrrole nitrogens is 1. The summed E-state index contributed by atoms with van der Waals surface area (Å²) in [5.41, 5.74) is 4.42. The van der Waals surface area contributed by atoms with Gasteiger partial charge in [-0.15, -0.1) is 0 Å². The van der Waals surface area contributed by atoms with Crippen molar-refractivity contribution < 1.29 is 0 Å². The van der Waals surface area contributed by atoms with E-state index in [0.717, 1.165) is 35.4 Å². The van der Waals surface area contributed by atoms with E-state index in [-0.39, 0.29) is 6.04 Å². The number of nitrogens with zero attached hydrogens (tertiary/aromatic N) is 1. The first-order chi connectivity index (χ1) is 11.0. The Balaban J connectivity index is 1.62. The quantitative estimate of drug-likeness (QED) is 0.689. The summed E-state index contributed by atoms with van der Waals surface area (Å²) < 4.78 is 0. The van der Waals surface area contributed by atoms with Gasteiger partial charge in [-0.3, -0.25) is 0 Å². The van der Waals surface area contributed by atoms with Gasteiger partial charge in [0, 0.05) is 29.1 Å². The van der Waals surface area contributed by atoms with Crippen LogP contribution in [-0.4, -0.2) is 16.0 Å². The number of aromatic amines is 1. The van der Waals surface area contributed by atoms with Crippen molar-refractivity contribution in [2.75, 3.05) is 0 Å². The first kappa shape index (κ1) is 16.3. The van der Waals surface area contributed by atoms with Gasteiger partial charge < -0.3 is 10.3 Å². The van der Waals surface area contributed by atoms with Crippen LogP contribution < -0.4 is 5.32 Å². The highest BCUT2D eigenvalue weighted by atomic mass is 35.5. The normalized spacial score (nSPS) is 12.7. The lowest BCUT2D eigenvalue weighted by Gasteiger charge is -2.13. The van der Waals surface area contributed by atoms with Crippen molar-refractivity contribution in [2.45, 2.75) is 32.9 Å². The third kappa shape index (κ3) is 4.25. The third-order valence-corrected chi connectivity index (χ3v) is 4.20. The molecule has 3 nitrogen and oxygen atoms in total. The summed E-state index contributed by atoms with van der Waals surface area (Å²) in [6.07, 6.45) is 0.835. The number of rotatable bonds is 5. The number of benzene rings is 2. The molecule has 0 bridgehead atoms. The second-order valence-electron chi connectivity index (χ2n) is 5.97. The van der Waals surface area contributed by atoms with E-state index in [9.17, 15) is 0 Å². The molecule has 0 radical (unpaired) electrons. The molecule has 1 unspecified atom stereocenters. The van der Waals surface area contributed by atoms with E-state index in [1.165, 1.54) is 5.56 Å². The molecule has 23 heavy (non-hydrogen) atoms. The topological polar surface area (TPSA) is 40.7 Å². The molecular formula is C18H19Cl2N3. The summed E-state index contributed by atoms with van der Waals surface area (Å²) in [6.45, 7) is 4.95. The first-order valence-electron chi connectivity index (χ1n) is 7.63. The van der Waals surface area contributed by atoms with E-state index in [1.54, 1.807) is 6.07 Å². The number of imidazole rings is 1. The molecule has 0 saturated carbocycles. The van der Waals surface area contributed by atoms with E-state index in [1.807, 2.05) is 12.1 Å². The van der Waals surface area contributed by atoms with Crippen LogP contribution in [0.1, 0.15) is 23.9 Å². The molecule has 0 fully saturated rings. The van der Waals surface area contributed by atoms with Crippen LogP contribution in [0.15, 0.2) is 36.4 Å². The zero-order chi connectivity index (χ0) is 16.4. The summed E-state index contributed by atoms with van der Waals surface area (Å²) in [6, 6.07) is 12.1. The van der Waals surface area contributed by atoms with Gasteiger partial charge in [0.25, 0.3) is 0 Å². The molecule has 1 aromatic heterocycles. The lowest BCUT2D eigenvalue weighted by atomic mass is 10.2. The molecule has 0 spiro atoms. The average Bonchev–Trinajstić information content (AvgIpc) is 2.85. The van der Waals surface area contributed by atoms with Crippen molar-refractivity contribution in [1.29, 1.82) is 0 Å². The highest BCUT2D eigenvalue weighted by Crippen LogP contribution is 2.19. The fourth-order valence-electron chi connectivity index (χ4n) is 2.64. The fraction of sp³-hybridized carbons (Fsp3) is 0.278. The minimum absolute atomic E-state index is 0.286. The maximum atomic E-state index is 6.03. The molecular weight excluding hydrogens is 329 g/mol. The van der Waals surface area contributed by atoms with Crippen LogP contribution in [-0.2, 0) is 13.0 Å². The van der Waals surface area contributed by atoms with Gasteiger partial charge in [0.15, 0.2) is 0 Å². The molecule has 3 rings (SSSR count). The van der Waals surface area contributed by atoms with Gasteiger partial charge in [0.05, 0.1) is 11.0 Å². The van der Waals surface area contributed by atoms with E-state index >= 15 is 0 Å². The predicted molar refractivity (Wildman–Crippen MR) is 97.3 cm³/mol. The molecule has 5 heteroatoms. The van der Waals surface area contributed by atoms with Crippen LogP contribution in [0, 0.1) is 6.92 Å². The standard InChI is InChI=1S/C18H19Cl2N3/c1-11-3-4-16-17(5-11)23-18(22-16)6-12(2)21-10-13-7-14(19)9-15(20)8-13/h3-5,7-9,12,21H,6,10H2,1-2H3,(H,22,23). The zero-order valence-electron chi connectivity index (χ0n) is 13.2. The van der Waals surface area contributed by atoms with Gasteiger partial charge in [0.2, 0.25) is 0 Å². The van der Waals surface area contributed by atoms with Gasteiger partial charge in [0.1, 0.15) is 5.82 Å². The lowest BCUT2D eigenvalue weighted by Crippen LogP contribution is -2.28. The largest absolute Gasteiger partial charge is 0.342 e. The Morgan fingerprint density at radius 2 is 1.87 bits per heavy atom. The lowest BCUT2D eigenvalue weighted by molar-refractivity contribution is 0.536. The average molecular weight is 348 g/mol. The van der Waals surface area contributed by atoms with Crippen LogP contribution in [0.4, 0.5) is 0 Å². The molecule has 3 aromatic rings. The van der Waals surface area contributed by atoms with Gasteiger partial charge in [-0.1, -0.05) is 29.3 Å². The van der Waals surface area contributed by atoms with Crippen molar-refractivity contribution in [3.05, 3.63) is 63.4 Å². The van der Waals surface area contributed by atoms with E-state index in [2.05, 4.69) is 47.3 Å². The molecule has 0 amide bonds. The molecule has 1 heterocycles. The highest BCUT2D eigenvalue weighted by molar-refractivity contribution is 6.34. The van der Waals surface area contributed by atoms with Crippen molar-refractivity contribution in [3.8, 4) is 0 Å². The van der Waals surface area contributed by atoms with Gasteiger partial charge >= 0.3 is 0 Å². The van der Waals surface area contributed by atoms with Crippen molar-refractivity contribution in [1.82, 2.24) is 15.3 Å². The van der Waals surface area contributed by atoms with Crippen molar-refractivity contribution in [3.63, 3.8) is 0 Å². The van der Waals surface area contributed by atoms with Crippen LogP contribution in [0.5, 0.6) is 0 Å². The number of aromatic nitrogens is 2. The van der Waals surface area contributed by atoms with Gasteiger partial charge in [-0.2, -0.15) is 0 Å². The molecule has 0 aliphatic rings. The molecule has 2 aromatic carbocycles. The molecule has 0 aliphatic carbocycles. The Morgan fingerprint density at radius 3 is 2.61 bits per heavy atom. The Kier molecular flexibility index (Phi) is 4.90. The smallest absolute Gasteiger partial charge is 0.108 e. The van der Waals surface area contributed by atoms with Crippen molar-refractivity contribution >= 4 is 34.2 Å². The second kappa shape index (κ2) is 6.91. The highest BCUT2D eigenvalue weighted by Gasteiger charge is 2.08. The van der Waals surface area contributed by atoms with Crippen LogP contribution >= 0.6 is 23.2 Å². The summed E-state index contributed by atoms with van der Waals surface area (Å²) >= 11 is 12.1. The molecule has 0 aliphatic heterocycles. The van der Waals surface area contributed by atoms with Gasteiger partial charge in [-0.05, 0) is 55.3 Å². The maximum Gasteiger partial charge on any atom is 0.108 e. The summed E-state index contributed by atoms with van der Waals surface area (Å²) in [7, 11) is 0. The van der Waals surface area contributed by atoms with E-state index in [4.69, 9.17) is 23.2 Å². The van der Waals surface area contributed by atoms with Crippen LogP contribution in [0.2, 0.25) is 10.0 Å². The molecule has 2 N–H and O–H groups in total. The Hall–Kier alpha value is -1.55. The van der Waals surface area contributed by atoms with Gasteiger partial charge in [-0.25, -0.2) is 4.98 Å². The number of hydrogen-bond acceptors (Lipinski definition) is 2. The van der Waals surface area contributed by atoms with Crippen LogP contribution in [0.3, 0.4) is 0 Å². The molecule has 1 atom stereocenters. The summed E-state index contributed by atoms with van der Waals surface area (Å²) in [4.78, 5) is 8.03. The molecule has 0 saturated heterocycles. The minimum Gasteiger partial charge on any atom is -0.342 e. The number of halogens is 2. The Morgan fingerprint density at radius 1 is 1.13 bits per heavy atom. The summed E-state index contributed by atoms with van der Waals surface area (Å²) in [5, 5.41) is 4.80. The Labute approximate surface area is 146 Å². The summed E-state index contributed by atoms with van der Waals surface area (Å²) in [5.74, 6) is 0.995. The zero-order valence-corrected chi connectivity index (χ0v) is 14.7. The Bertz CT molecular complexity index is 806. The second-order valence-corrected chi connectivity index (χ2v) is 6.84. The van der Waals surface area contributed by atoms with Crippen LogP contribution in [0.25, 0.3) is 11.0 Å². The number of fused-ring (bicyclic) bond motifs is 1. The SMILES string of the molecule is Cc1ccc2nc(CC(C)NCc3cc(Cl)cc(Cl)c3)[nH]c2c1. The number of aryl methyl sites for hydroxylation is 1. The predicted octanol–water partition coefficient (Wildman–Crippen LogP) is 4.90. The maximum absolute atomic E-state index is 6.03. The first-order valence-corrected chi connectivity index (χ1v) is 8.39. The number of nitrogens with one attached hydrogen (secondary N) is 2. The van der Waals surface area contributed by atoms with E-state index < -0.39 is 0 Å². The molecule has 120 valence electrons. The monoisotopic (exact) mass is 347 g/mol. The number of hydrogen-bond donors (Lipinski definition) is 2. The third-order valence-electron chi connectivity index (χ3n) is 3.76.